The molecule has 0 aliphatic rings. The van der Waals surface area contributed by atoms with E-state index in [1.54, 1.807) is 19.3 Å². The second-order valence-corrected chi connectivity index (χ2v) is 4.29. The summed E-state index contributed by atoms with van der Waals surface area (Å²) in [6.45, 7) is 2.60. The maximum Gasteiger partial charge on any atom is 0.250 e. The summed E-state index contributed by atoms with van der Waals surface area (Å²) >= 11 is 0. The Morgan fingerprint density at radius 1 is 1.53 bits per heavy atom. The van der Waals surface area contributed by atoms with E-state index in [2.05, 4.69) is 5.32 Å². The highest BCUT2D eigenvalue weighted by Crippen LogP contribution is 2.07. The van der Waals surface area contributed by atoms with Crippen molar-refractivity contribution in [2.45, 2.75) is 19.8 Å². The number of hydrogen-bond acceptors (Lipinski definition) is 3. The van der Waals surface area contributed by atoms with Gasteiger partial charge in [0.2, 0.25) is 11.5 Å². The largest absolute Gasteiger partial charge is 0.330 e. The van der Waals surface area contributed by atoms with Crippen LogP contribution in [0.1, 0.15) is 19.8 Å². The highest BCUT2D eigenvalue weighted by atomic mass is 16.1. The summed E-state index contributed by atoms with van der Waals surface area (Å²) in [5.41, 5.74) is 6.02. The average Bonchev–Trinajstić information content (AvgIpc) is 2.31. The van der Waals surface area contributed by atoms with Crippen molar-refractivity contribution in [1.29, 1.82) is 0 Å². The van der Waals surface area contributed by atoms with Crippen LogP contribution < -0.4 is 16.6 Å². The van der Waals surface area contributed by atoms with Crippen molar-refractivity contribution in [1.82, 2.24) is 4.57 Å². The Morgan fingerprint density at radius 2 is 2.24 bits per heavy atom. The van der Waals surface area contributed by atoms with E-state index in [0.29, 0.717) is 24.6 Å². The third-order valence-corrected chi connectivity index (χ3v) is 2.64. The number of nitrogens with two attached hydrogens (primary N) is 1. The van der Waals surface area contributed by atoms with Gasteiger partial charge < -0.3 is 15.6 Å². The predicted octanol–water partition coefficient (Wildman–Crippen LogP) is 0.699. The van der Waals surface area contributed by atoms with Gasteiger partial charge in [0, 0.05) is 25.7 Å². The van der Waals surface area contributed by atoms with E-state index in [-0.39, 0.29) is 11.5 Å². The number of hydrogen-bond donors (Lipinski definition) is 2. The van der Waals surface area contributed by atoms with Crippen molar-refractivity contribution in [3.63, 3.8) is 0 Å². The molecule has 5 nitrogen and oxygen atoms in total. The minimum absolute atomic E-state index is 0.0519. The molecule has 3 N–H and O–H groups in total. The van der Waals surface area contributed by atoms with Crippen molar-refractivity contribution in [2.24, 2.45) is 18.7 Å². The van der Waals surface area contributed by atoms with Crippen molar-refractivity contribution < 1.29 is 4.79 Å². The van der Waals surface area contributed by atoms with Crippen LogP contribution in [-0.2, 0) is 11.8 Å². The third kappa shape index (κ3) is 4.40. The average molecular weight is 237 g/mol. The molecule has 1 rings (SSSR count). The molecule has 17 heavy (non-hydrogen) atoms. The van der Waals surface area contributed by atoms with Crippen LogP contribution in [0.25, 0.3) is 0 Å². The number of aromatic nitrogens is 1. The van der Waals surface area contributed by atoms with E-state index >= 15 is 0 Å². The van der Waals surface area contributed by atoms with Gasteiger partial charge in [-0.1, -0.05) is 6.92 Å². The number of carbonyl (C=O) groups excluding carboxylic acids is 1. The van der Waals surface area contributed by atoms with Crippen LogP contribution in [0, 0.1) is 5.92 Å². The number of anilines is 1. The quantitative estimate of drug-likeness (QED) is 0.791. The summed E-state index contributed by atoms with van der Waals surface area (Å²) in [4.78, 5) is 22.7. The van der Waals surface area contributed by atoms with Crippen molar-refractivity contribution in [3.8, 4) is 0 Å². The standard InChI is InChI=1S/C12H19N3O2/c1-9(7-13)3-5-11(16)14-10-4-6-12(17)15(2)8-10/h4,6,8-9H,3,5,7,13H2,1-2H3,(H,14,16). The molecule has 0 aromatic carbocycles. The topological polar surface area (TPSA) is 77.1 Å². The molecule has 1 aromatic heterocycles. The van der Waals surface area contributed by atoms with Gasteiger partial charge in [0.1, 0.15) is 0 Å². The van der Waals surface area contributed by atoms with Gasteiger partial charge in [-0.2, -0.15) is 0 Å². The first-order valence-electron chi connectivity index (χ1n) is 5.69. The first-order chi connectivity index (χ1) is 8.02. The van der Waals surface area contributed by atoms with E-state index in [0.717, 1.165) is 6.42 Å². The fraction of sp³-hybridized carbons (Fsp3) is 0.500. The second kappa shape index (κ2) is 6.20. The van der Waals surface area contributed by atoms with E-state index in [1.165, 1.54) is 10.6 Å². The summed E-state index contributed by atoms with van der Waals surface area (Å²) in [5.74, 6) is 0.296. The molecule has 5 heteroatoms. The number of aryl methyl sites for hydroxylation is 1. The molecule has 1 unspecified atom stereocenters. The molecule has 0 bridgehead atoms. The lowest BCUT2D eigenvalue weighted by Crippen LogP contribution is -2.19. The van der Waals surface area contributed by atoms with Crippen molar-refractivity contribution in [3.05, 3.63) is 28.7 Å². The fourth-order valence-corrected chi connectivity index (χ4v) is 1.39. The van der Waals surface area contributed by atoms with Crippen LogP contribution in [0.5, 0.6) is 0 Å². The van der Waals surface area contributed by atoms with Gasteiger partial charge in [-0.3, -0.25) is 9.59 Å². The minimum atomic E-state index is -0.0975. The molecule has 0 spiro atoms. The van der Waals surface area contributed by atoms with Gasteiger partial charge >= 0.3 is 0 Å². The molecule has 0 saturated carbocycles. The van der Waals surface area contributed by atoms with E-state index in [4.69, 9.17) is 5.73 Å². The molecule has 0 aliphatic carbocycles. The Morgan fingerprint density at radius 3 is 2.82 bits per heavy atom. The van der Waals surface area contributed by atoms with Crippen LogP contribution in [0.2, 0.25) is 0 Å². The lowest BCUT2D eigenvalue weighted by Gasteiger charge is -2.09. The lowest BCUT2D eigenvalue weighted by molar-refractivity contribution is -0.116. The smallest absolute Gasteiger partial charge is 0.250 e. The number of nitrogens with zero attached hydrogens (tertiary/aromatic N) is 1. The first-order valence-corrected chi connectivity index (χ1v) is 5.69. The monoisotopic (exact) mass is 237 g/mol. The van der Waals surface area contributed by atoms with Crippen LogP contribution in [0.15, 0.2) is 23.1 Å². The summed E-state index contributed by atoms with van der Waals surface area (Å²) in [7, 11) is 1.65. The van der Waals surface area contributed by atoms with Gasteiger partial charge in [-0.25, -0.2) is 0 Å². The zero-order valence-corrected chi connectivity index (χ0v) is 10.3. The van der Waals surface area contributed by atoms with Crippen LogP contribution >= 0.6 is 0 Å². The molecular formula is C12H19N3O2. The molecule has 0 saturated heterocycles. The molecule has 0 aliphatic heterocycles. The zero-order valence-electron chi connectivity index (χ0n) is 10.3. The Kier molecular flexibility index (Phi) is 4.90. The normalized spacial score (nSPS) is 12.2. The molecule has 94 valence electrons. The molecule has 1 atom stereocenters. The predicted molar refractivity (Wildman–Crippen MR) is 67.8 cm³/mol. The Balaban J connectivity index is 2.50. The summed E-state index contributed by atoms with van der Waals surface area (Å²) in [5, 5.41) is 2.75. The van der Waals surface area contributed by atoms with E-state index in [1.807, 2.05) is 6.92 Å². The second-order valence-electron chi connectivity index (χ2n) is 4.29. The Bertz CT molecular complexity index is 440. The Labute approximate surface area is 101 Å². The summed E-state index contributed by atoms with van der Waals surface area (Å²) in [6, 6.07) is 3.03. The number of carbonyl (C=O) groups is 1. The number of rotatable bonds is 5. The number of amides is 1. The van der Waals surface area contributed by atoms with Gasteiger partial charge in [0.05, 0.1) is 5.69 Å². The van der Waals surface area contributed by atoms with Crippen molar-refractivity contribution in [2.75, 3.05) is 11.9 Å². The maximum atomic E-state index is 11.6. The van der Waals surface area contributed by atoms with E-state index < -0.39 is 0 Å². The van der Waals surface area contributed by atoms with Gasteiger partial charge in [-0.15, -0.1) is 0 Å². The van der Waals surface area contributed by atoms with Crippen LogP contribution in [-0.4, -0.2) is 17.0 Å². The van der Waals surface area contributed by atoms with Crippen LogP contribution in [0.3, 0.4) is 0 Å². The molecular weight excluding hydrogens is 218 g/mol. The highest BCUT2D eigenvalue weighted by molar-refractivity contribution is 5.90. The SMILES string of the molecule is CC(CN)CCC(=O)Nc1ccc(=O)n(C)c1. The van der Waals surface area contributed by atoms with Gasteiger partial charge in [-0.05, 0) is 24.9 Å². The van der Waals surface area contributed by atoms with E-state index in [9.17, 15) is 9.59 Å². The molecule has 0 radical (unpaired) electrons. The first kappa shape index (κ1) is 13.4. The molecule has 1 amide bonds. The number of nitrogens with one attached hydrogen (secondary N) is 1. The summed E-state index contributed by atoms with van der Waals surface area (Å²) in [6.07, 6.45) is 2.82. The van der Waals surface area contributed by atoms with Crippen molar-refractivity contribution >= 4 is 11.6 Å². The third-order valence-electron chi connectivity index (χ3n) is 2.64. The fourth-order valence-electron chi connectivity index (χ4n) is 1.39. The summed E-state index contributed by atoms with van der Waals surface area (Å²) < 4.78 is 1.43. The Hall–Kier alpha value is -1.62. The van der Waals surface area contributed by atoms with Gasteiger partial charge in [0.15, 0.2) is 0 Å². The molecule has 1 aromatic rings. The van der Waals surface area contributed by atoms with Gasteiger partial charge in [0.25, 0.3) is 0 Å². The van der Waals surface area contributed by atoms with Crippen LogP contribution in [0.4, 0.5) is 5.69 Å². The lowest BCUT2D eigenvalue weighted by atomic mass is 10.1. The maximum absolute atomic E-state index is 11.6. The molecule has 1 heterocycles. The highest BCUT2D eigenvalue weighted by Gasteiger charge is 2.06. The molecule has 0 fully saturated rings. The zero-order chi connectivity index (χ0) is 12.8. The number of pyridine rings is 1. The minimum Gasteiger partial charge on any atom is -0.330 e.